The Labute approximate surface area is 122 Å². The molecule has 1 aliphatic heterocycles. The third-order valence-electron chi connectivity index (χ3n) is 4.19. The van der Waals surface area contributed by atoms with Crippen molar-refractivity contribution in [2.75, 3.05) is 13.1 Å². The fourth-order valence-corrected chi connectivity index (χ4v) is 2.92. The van der Waals surface area contributed by atoms with Crippen molar-refractivity contribution >= 4 is 0 Å². The van der Waals surface area contributed by atoms with Crippen LogP contribution in [-0.2, 0) is 6.54 Å². The van der Waals surface area contributed by atoms with E-state index >= 15 is 0 Å². The van der Waals surface area contributed by atoms with E-state index in [2.05, 4.69) is 60.4 Å². The van der Waals surface area contributed by atoms with Crippen molar-refractivity contribution in [3.05, 3.63) is 59.7 Å². The molecule has 0 N–H and O–H groups in total. The third kappa shape index (κ3) is 3.29. The summed E-state index contributed by atoms with van der Waals surface area (Å²) in [7, 11) is 0. The van der Waals surface area contributed by atoms with Crippen molar-refractivity contribution in [1.29, 1.82) is 0 Å². The second-order valence-electron chi connectivity index (χ2n) is 5.90. The molecule has 1 saturated heterocycles. The van der Waals surface area contributed by atoms with E-state index in [0.717, 1.165) is 6.54 Å². The van der Waals surface area contributed by atoms with E-state index in [1.807, 2.05) is 0 Å². The number of benzene rings is 2. The SMILES string of the molecule is Cc1ccc(-c2ccc(CN3CCCCC3)cc2)cc1. The van der Waals surface area contributed by atoms with Crippen LogP contribution in [0.4, 0.5) is 0 Å². The van der Waals surface area contributed by atoms with Crippen molar-refractivity contribution in [2.45, 2.75) is 32.7 Å². The minimum absolute atomic E-state index is 1.11. The average Bonchev–Trinajstić information content (AvgIpc) is 2.50. The van der Waals surface area contributed by atoms with Gasteiger partial charge in [0.1, 0.15) is 0 Å². The highest BCUT2D eigenvalue weighted by Gasteiger charge is 2.10. The van der Waals surface area contributed by atoms with Gasteiger partial charge in [0.25, 0.3) is 0 Å². The van der Waals surface area contributed by atoms with Crippen LogP contribution in [0.5, 0.6) is 0 Å². The van der Waals surface area contributed by atoms with Gasteiger partial charge in [0.15, 0.2) is 0 Å². The first-order valence-electron chi connectivity index (χ1n) is 7.69. The van der Waals surface area contributed by atoms with Crippen LogP contribution < -0.4 is 0 Å². The zero-order valence-corrected chi connectivity index (χ0v) is 12.3. The molecule has 0 amide bonds. The highest BCUT2D eigenvalue weighted by molar-refractivity contribution is 5.63. The summed E-state index contributed by atoms with van der Waals surface area (Å²) in [5.74, 6) is 0. The van der Waals surface area contributed by atoms with E-state index in [4.69, 9.17) is 0 Å². The van der Waals surface area contributed by atoms with E-state index in [-0.39, 0.29) is 0 Å². The van der Waals surface area contributed by atoms with Gasteiger partial charge in [-0.15, -0.1) is 0 Å². The lowest BCUT2D eigenvalue weighted by atomic mass is 10.0. The molecule has 2 aromatic rings. The maximum atomic E-state index is 2.57. The Hall–Kier alpha value is -1.60. The largest absolute Gasteiger partial charge is 0.299 e. The van der Waals surface area contributed by atoms with Crippen molar-refractivity contribution in [3.8, 4) is 11.1 Å². The second kappa shape index (κ2) is 6.23. The number of hydrogen-bond acceptors (Lipinski definition) is 1. The van der Waals surface area contributed by atoms with E-state index in [1.165, 1.54) is 54.6 Å². The number of likely N-dealkylation sites (tertiary alicyclic amines) is 1. The van der Waals surface area contributed by atoms with E-state index < -0.39 is 0 Å². The molecule has 0 spiro atoms. The number of hydrogen-bond donors (Lipinski definition) is 0. The molecule has 3 rings (SSSR count). The minimum Gasteiger partial charge on any atom is -0.299 e. The first kappa shape index (κ1) is 13.4. The van der Waals surface area contributed by atoms with Crippen LogP contribution in [-0.4, -0.2) is 18.0 Å². The predicted octanol–water partition coefficient (Wildman–Crippen LogP) is 4.65. The average molecular weight is 265 g/mol. The van der Waals surface area contributed by atoms with Crippen molar-refractivity contribution < 1.29 is 0 Å². The van der Waals surface area contributed by atoms with E-state index in [0.29, 0.717) is 0 Å². The predicted molar refractivity (Wildman–Crippen MR) is 85.7 cm³/mol. The van der Waals surface area contributed by atoms with Gasteiger partial charge >= 0.3 is 0 Å². The summed E-state index contributed by atoms with van der Waals surface area (Å²) in [6.45, 7) is 5.76. The molecule has 20 heavy (non-hydrogen) atoms. The molecule has 1 nitrogen and oxygen atoms in total. The molecule has 0 unspecified atom stereocenters. The van der Waals surface area contributed by atoms with Crippen LogP contribution in [0.2, 0.25) is 0 Å². The monoisotopic (exact) mass is 265 g/mol. The van der Waals surface area contributed by atoms with Crippen molar-refractivity contribution in [3.63, 3.8) is 0 Å². The molecule has 1 heterocycles. The van der Waals surface area contributed by atoms with Crippen molar-refractivity contribution in [1.82, 2.24) is 4.90 Å². The molecule has 2 aromatic carbocycles. The van der Waals surface area contributed by atoms with Crippen LogP contribution in [0.3, 0.4) is 0 Å². The summed E-state index contributed by atoms with van der Waals surface area (Å²) in [5.41, 5.74) is 5.37. The lowest BCUT2D eigenvalue weighted by Gasteiger charge is -2.26. The highest BCUT2D eigenvalue weighted by atomic mass is 15.1. The van der Waals surface area contributed by atoms with Gasteiger partial charge in [-0.05, 0) is 49.5 Å². The van der Waals surface area contributed by atoms with Crippen molar-refractivity contribution in [2.24, 2.45) is 0 Å². The van der Waals surface area contributed by atoms with Crippen LogP contribution in [0.15, 0.2) is 48.5 Å². The maximum absolute atomic E-state index is 2.57. The third-order valence-corrected chi connectivity index (χ3v) is 4.19. The normalized spacial score (nSPS) is 16.2. The lowest BCUT2D eigenvalue weighted by molar-refractivity contribution is 0.221. The van der Waals surface area contributed by atoms with Gasteiger partial charge in [0, 0.05) is 6.54 Å². The fourth-order valence-electron chi connectivity index (χ4n) is 2.92. The van der Waals surface area contributed by atoms with Crippen LogP contribution in [0.25, 0.3) is 11.1 Å². The van der Waals surface area contributed by atoms with Gasteiger partial charge in [-0.2, -0.15) is 0 Å². The molecule has 0 saturated carbocycles. The molecule has 0 aromatic heterocycles. The Morgan fingerprint density at radius 1 is 0.750 bits per heavy atom. The molecular weight excluding hydrogens is 242 g/mol. The highest BCUT2D eigenvalue weighted by Crippen LogP contribution is 2.21. The number of aryl methyl sites for hydroxylation is 1. The molecule has 0 bridgehead atoms. The zero-order valence-electron chi connectivity index (χ0n) is 12.3. The Bertz CT molecular complexity index is 533. The summed E-state index contributed by atoms with van der Waals surface area (Å²) in [5, 5.41) is 0. The number of nitrogens with zero attached hydrogens (tertiary/aromatic N) is 1. The van der Waals surface area contributed by atoms with Gasteiger partial charge in [-0.25, -0.2) is 0 Å². The Morgan fingerprint density at radius 2 is 1.30 bits per heavy atom. The van der Waals surface area contributed by atoms with Gasteiger partial charge in [-0.1, -0.05) is 60.5 Å². The molecule has 0 atom stereocenters. The van der Waals surface area contributed by atoms with Gasteiger partial charge in [0.2, 0.25) is 0 Å². The second-order valence-corrected chi connectivity index (χ2v) is 5.90. The molecule has 0 aliphatic carbocycles. The Balaban J connectivity index is 1.69. The lowest BCUT2D eigenvalue weighted by Crippen LogP contribution is -2.28. The molecule has 0 radical (unpaired) electrons. The number of rotatable bonds is 3. The van der Waals surface area contributed by atoms with Gasteiger partial charge in [-0.3, -0.25) is 4.90 Å². The summed E-state index contributed by atoms with van der Waals surface area (Å²) in [6, 6.07) is 17.8. The summed E-state index contributed by atoms with van der Waals surface area (Å²) < 4.78 is 0. The number of piperidine rings is 1. The van der Waals surface area contributed by atoms with Crippen LogP contribution in [0, 0.1) is 6.92 Å². The minimum atomic E-state index is 1.11. The first-order valence-corrected chi connectivity index (χ1v) is 7.69. The molecule has 1 aliphatic rings. The standard InChI is InChI=1S/C19H23N/c1-16-5-9-18(10-6-16)19-11-7-17(8-12-19)15-20-13-3-2-4-14-20/h5-12H,2-4,13-15H2,1H3. The maximum Gasteiger partial charge on any atom is 0.0233 e. The summed E-state index contributed by atoms with van der Waals surface area (Å²) in [6.07, 6.45) is 4.13. The quantitative estimate of drug-likeness (QED) is 0.781. The van der Waals surface area contributed by atoms with Gasteiger partial charge < -0.3 is 0 Å². The zero-order chi connectivity index (χ0) is 13.8. The van der Waals surface area contributed by atoms with Crippen LogP contribution in [0.1, 0.15) is 30.4 Å². The molecule has 1 heteroatoms. The Kier molecular flexibility index (Phi) is 4.17. The summed E-state index contributed by atoms with van der Waals surface area (Å²) in [4.78, 5) is 2.57. The van der Waals surface area contributed by atoms with Crippen LogP contribution >= 0.6 is 0 Å². The molecular formula is C19H23N. The topological polar surface area (TPSA) is 3.24 Å². The molecule has 1 fully saturated rings. The van der Waals surface area contributed by atoms with E-state index in [1.54, 1.807) is 0 Å². The fraction of sp³-hybridized carbons (Fsp3) is 0.368. The Morgan fingerprint density at radius 3 is 1.90 bits per heavy atom. The van der Waals surface area contributed by atoms with E-state index in [9.17, 15) is 0 Å². The molecule has 104 valence electrons. The first-order chi connectivity index (χ1) is 9.81. The smallest absolute Gasteiger partial charge is 0.0233 e. The summed E-state index contributed by atoms with van der Waals surface area (Å²) >= 11 is 0. The van der Waals surface area contributed by atoms with Gasteiger partial charge in [0.05, 0.1) is 0 Å².